The van der Waals surface area contributed by atoms with E-state index in [1.807, 2.05) is 0 Å². The minimum atomic E-state index is -1.29. The largest absolute Gasteiger partial charge is 0.507 e. The van der Waals surface area contributed by atoms with Gasteiger partial charge in [-0.2, -0.15) is 0 Å². The van der Waals surface area contributed by atoms with Crippen LogP contribution < -0.4 is 9.64 Å². The minimum Gasteiger partial charge on any atom is -0.507 e. The summed E-state index contributed by atoms with van der Waals surface area (Å²) in [5.41, 5.74) is 0.962. The molecule has 170 valence electrons. The van der Waals surface area contributed by atoms with Crippen molar-refractivity contribution in [2.45, 2.75) is 6.04 Å². The van der Waals surface area contributed by atoms with E-state index in [1.54, 1.807) is 36.4 Å². The van der Waals surface area contributed by atoms with Gasteiger partial charge < -0.3 is 14.8 Å². The van der Waals surface area contributed by atoms with Gasteiger partial charge in [0.1, 0.15) is 23.4 Å². The van der Waals surface area contributed by atoms with Crippen molar-refractivity contribution in [1.29, 1.82) is 0 Å². The number of carbonyl (C=O) groups excluding carboxylic acids is 2. The Morgan fingerprint density at radius 3 is 2.59 bits per heavy atom. The normalized spacial score (nSPS) is 17.5. The SMILES string of the molecule is COc1ccc(Cl)c(/C(O)=C2\C(=O)C(=O)N(c3nc4ccccc4[nH]3)C2c2ccccc2F)c1. The highest BCUT2D eigenvalue weighted by Crippen LogP contribution is 2.43. The number of nitrogens with one attached hydrogen (secondary N) is 1. The Hall–Kier alpha value is -4.17. The molecule has 7 nitrogen and oxygen atoms in total. The van der Waals surface area contributed by atoms with Gasteiger partial charge in [-0.15, -0.1) is 0 Å². The molecule has 0 bridgehead atoms. The van der Waals surface area contributed by atoms with Crippen molar-refractivity contribution in [3.8, 4) is 5.75 Å². The highest BCUT2D eigenvalue weighted by atomic mass is 35.5. The summed E-state index contributed by atoms with van der Waals surface area (Å²) in [5, 5.41) is 11.3. The number of hydrogen-bond acceptors (Lipinski definition) is 5. The molecule has 9 heteroatoms. The molecule has 1 fully saturated rings. The number of ether oxygens (including phenoxy) is 1. The number of ketones is 1. The lowest BCUT2D eigenvalue weighted by molar-refractivity contribution is -0.132. The number of aliphatic hydroxyl groups excluding tert-OH is 1. The number of anilines is 1. The van der Waals surface area contributed by atoms with Gasteiger partial charge in [0.05, 0.1) is 28.7 Å². The second-order valence-electron chi connectivity index (χ2n) is 7.61. The molecule has 2 N–H and O–H groups in total. The molecule has 0 spiro atoms. The molecule has 3 aromatic carbocycles. The average Bonchev–Trinajstić information content (AvgIpc) is 3.38. The van der Waals surface area contributed by atoms with E-state index >= 15 is 0 Å². The first-order valence-electron chi connectivity index (χ1n) is 10.2. The number of carbonyl (C=O) groups is 2. The lowest BCUT2D eigenvalue weighted by Crippen LogP contribution is -2.30. The van der Waals surface area contributed by atoms with Gasteiger partial charge in [-0.25, -0.2) is 9.37 Å². The smallest absolute Gasteiger partial charge is 0.302 e. The summed E-state index contributed by atoms with van der Waals surface area (Å²) in [6.45, 7) is 0. The van der Waals surface area contributed by atoms with E-state index in [0.717, 1.165) is 4.90 Å². The van der Waals surface area contributed by atoms with Crippen molar-refractivity contribution in [2.24, 2.45) is 0 Å². The third-order valence-electron chi connectivity index (χ3n) is 5.68. The number of rotatable bonds is 4. The van der Waals surface area contributed by atoms with E-state index in [0.29, 0.717) is 16.8 Å². The van der Waals surface area contributed by atoms with Crippen LogP contribution in [0.3, 0.4) is 0 Å². The Morgan fingerprint density at radius 2 is 1.85 bits per heavy atom. The fourth-order valence-corrected chi connectivity index (χ4v) is 4.26. The van der Waals surface area contributed by atoms with Crippen LogP contribution in [0.15, 0.2) is 72.3 Å². The molecule has 1 atom stereocenters. The molecule has 4 aromatic rings. The number of para-hydroxylation sites is 2. The zero-order chi connectivity index (χ0) is 24.0. The first-order valence-corrected chi connectivity index (χ1v) is 10.6. The predicted molar refractivity (Wildman–Crippen MR) is 125 cm³/mol. The van der Waals surface area contributed by atoms with Gasteiger partial charge in [-0.1, -0.05) is 41.9 Å². The van der Waals surface area contributed by atoms with Crippen molar-refractivity contribution < 1.29 is 23.8 Å². The van der Waals surface area contributed by atoms with Crippen molar-refractivity contribution in [1.82, 2.24) is 9.97 Å². The van der Waals surface area contributed by atoms with Crippen LogP contribution in [0, 0.1) is 5.82 Å². The van der Waals surface area contributed by atoms with Gasteiger partial charge in [0.25, 0.3) is 5.78 Å². The zero-order valence-corrected chi connectivity index (χ0v) is 18.5. The lowest BCUT2D eigenvalue weighted by Gasteiger charge is -2.23. The first-order chi connectivity index (χ1) is 16.4. The third-order valence-corrected chi connectivity index (χ3v) is 6.01. The molecule has 1 aliphatic heterocycles. The highest BCUT2D eigenvalue weighted by Gasteiger charge is 2.49. The molecule has 0 aliphatic carbocycles. The summed E-state index contributed by atoms with van der Waals surface area (Å²) in [4.78, 5) is 34.9. The Bertz CT molecular complexity index is 1460. The molecule has 1 unspecified atom stereocenters. The Labute approximate surface area is 198 Å². The van der Waals surface area contributed by atoms with Gasteiger partial charge in [-0.3, -0.25) is 14.5 Å². The summed E-state index contributed by atoms with van der Waals surface area (Å²) in [6.07, 6.45) is 0. The first kappa shape index (κ1) is 21.7. The predicted octanol–water partition coefficient (Wildman–Crippen LogP) is 4.99. The number of halogens is 2. The Morgan fingerprint density at radius 1 is 1.12 bits per heavy atom. The molecule has 1 aliphatic rings. The van der Waals surface area contributed by atoms with Crippen LogP contribution in [-0.2, 0) is 9.59 Å². The number of nitrogens with zero attached hydrogens (tertiary/aromatic N) is 2. The number of H-pyrrole nitrogens is 1. The van der Waals surface area contributed by atoms with Crippen LogP contribution in [0.25, 0.3) is 16.8 Å². The van der Waals surface area contributed by atoms with E-state index in [-0.39, 0.29) is 27.7 Å². The molecule has 2 heterocycles. The number of aliphatic hydroxyl groups is 1. The summed E-state index contributed by atoms with van der Waals surface area (Å²) in [6, 6.07) is 16.0. The molecule has 1 amide bonds. The quantitative estimate of drug-likeness (QED) is 0.245. The van der Waals surface area contributed by atoms with Crippen molar-refractivity contribution in [3.05, 3.63) is 94.3 Å². The lowest BCUT2D eigenvalue weighted by atomic mass is 9.95. The summed E-state index contributed by atoms with van der Waals surface area (Å²) in [7, 11) is 1.44. The van der Waals surface area contributed by atoms with Crippen LogP contribution >= 0.6 is 11.6 Å². The number of imidazole rings is 1. The van der Waals surface area contributed by atoms with Crippen LogP contribution in [0.4, 0.5) is 10.3 Å². The highest BCUT2D eigenvalue weighted by molar-refractivity contribution is 6.51. The second kappa shape index (κ2) is 8.31. The van der Waals surface area contributed by atoms with Crippen LogP contribution in [0.1, 0.15) is 17.2 Å². The van der Waals surface area contributed by atoms with Crippen molar-refractivity contribution >= 4 is 46.0 Å². The monoisotopic (exact) mass is 477 g/mol. The van der Waals surface area contributed by atoms with Crippen LogP contribution in [-0.4, -0.2) is 33.9 Å². The average molecular weight is 478 g/mol. The van der Waals surface area contributed by atoms with Gasteiger partial charge in [0, 0.05) is 11.1 Å². The second-order valence-corrected chi connectivity index (χ2v) is 8.02. The maximum absolute atomic E-state index is 15.0. The third kappa shape index (κ3) is 3.39. The van der Waals surface area contributed by atoms with Crippen LogP contribution in [0.2, 0.25) is 5.02 Å². The zero-order valence-electron chi connectivity index (χ0n) is 17.8. The minimum absolute atomic E-state index is 0.0164. The number of aromatic amines is 1. The summed E-state index contributed by atoms with van der Waals surface area (Å²) < 4.78 is 20.2. The Kier molecular flexibility index (Phi) is 5.30. The number of methoxy groups -OCH3 is 1. The molecular weight excluding hydrogens is 461 g/mol. The van der Waals surface area contributed by atoms with E-state index in [2.05, 4.69) is 9.97 Å². The fourth-order valence-electron chi connectivity index (χ4n) is 4.05. The number of benzene rings is 3. The fraction of sp³-hybridized carbons (Fsp3) is 0.0800. The number of aromatic nitrogens is 2. The molecular formula is C25H17ClFN3O4. The van der Waals surface area contributed by atoms with E-state index < -0.39 is 29.3 Å². The van der Waals surface area contributed by atoms with E-state index in [9.17, 15) is 19.1 Å². The van der Waals surface area contributed by atoms with E-state index in [4.69, 9.17) is 16.3 Å². The van der Waals surface area contributed by atoms with Gasteiger partial charge in [-0.05, 0) is 36.4 Å². The molecule has 1 aromatic heterocycles. The van der Waals surface area contributed by atoms with E-state index in [1.165, 1.54) is 37.4 Å². The maximum atomic E-state index is 15.0. The Balaban J connectivity index is 1.77. The standard InChI is InChI=1S/C25H17ClFN3O4/c1-34-13-10-11-16(26)15(12-13)22(31)20-21(14-6-2-3-7-17(14)27)30(24(33)23(20)32)25-28-18-8-4-5-9-19(18)29-25/h2-12,21,31H,1H3,(H,28,29)/b22-20+. The summed E-state index contributed by atoms with van der Waals surface area (Å²) in [5.74, 6) is -2.74. The van der Waals surface area contributed by atoms with Gasteiger partial charge in [0.15, 0.2) is 0 Å². The molecule has 0 saturated carbocycles. The van der Waals surface area contributed by atoms with Crippen LogP contribution in [0.5, 0.6) is 5.75 Å². The van der Waals surface area contributed by atoms with Gasteiger partial charge in [0.2, 0.25) is 5.95 Å². The van der Waals surface area contributed by atoms with Crippen molar-refractivity contribution in [2.75, 3.05) is 12.0 Å². The van der Waals surface area contributed by atoms with Gasteiger partial charge >= 0.3 is 5.91 Å². The maximum Gasteiger partial charge on any atom is 0.302 e. The summed E-state index contributed by atoms with van der Waals surface area (Å²) >= 11 is 6.29. The molecule has 5 rings (SSSR count). The molecule has 0 radical (unpaired) electrons. The number of fused-ring (bicyclic) bond motifs is 1. The number of hydrogen-bond donors (Lipinski definition) is 2. The molecule has 34 heavy (non-hydrogen) atoms. The number of amides is 1. The van der Waals surface area contributed by atoms with Crippen molar-refractivity contribution in [3.63, 3.8) is 0 Å². The number of Topliss-reactive ketones (excluding diaryl/α,β-unsaturated/α-hetero) is 1. The molecule has 1 saturated heterocycles. The topological polar surface area (TPSA) is 95.5 Å².